The van der Waals surface area contributed by atoms with Crippen LogP contribution in [0.1, 0.15) is 19.4 Å². The molecule has 6 heteroatoms. The molecule has 0 bridgehead atoms. The highest BCUT2D eigenvalue weighted by Gasteiger charge is 2.23. The predicted molar refractivity (Wildman–Crippen MR) is 75.9 cm³/mol. The van der Waals surface area contributed by atoms with Crippen molar-refractivity contribution in [3.8, 4) is 5.75 Å². The second-order valence-corrected chi connectivity index (χ2v) is 5.63. The Morgan fingerprint density at radius 2 is 2.05 bits per heavy atom. The van der Waals surface area contributed by atoms with Crippen LogP contribution in [0.2, 0.25) is 0 Å². The molecule has 0 spiro atoms. The summed E-state index contributed by atoms with van der Waals surface area (Å²) in [5.41, 5.74) is 5.56. The van der Waals surface area contributed by atoms with E-state index in [0.717, 1.165) is 15.8 Å². The van der Waals surface area contributed by atoms with Crippen molar-refractivity contribution in [2.75, 3.05) is 13.7 Å². The van der Waals surface area contributed by atoms with Gasteiger partial charge < -0.3 is 15.8 Å². The van der Waals surface area contributed by atoms with E-state index in [9.17, 15) is 9.59 Å². The van der Waals surface area contributed by atoms with Crippen LogP contribution in [0.25, 0.3) is 0 Å². The first-order chi connectivity index (χ1) is 8.77. The third-order valence-electron chi connectivity index (χ3n) is 2.85. The van der Waals surface area contributed by atoms with Gasteiger partial charge in [0.15, 0.2) is 0 Å². The number of halogens is 1. The van der Waals surface area contributed by atoms with Crippen molar-refractivity contribution in [3.05, 3.63) is 28.2 Å². The fourth-order valence-corrected chi connectivity index (χ4v) is 2.12. The van der Waals surface area contributed by atoms with E-state index < -0.39 is 11.8 Å². The Labute approximate surface area is 120 Å². The minimum atomic E-state index is -0.980. The molecule has 0 aliphatic rings. The number of benzene rings is 1. The zero-order valence-corrected chi connectivity index (χ0v) is 12.7. The molecule has 0 radical (unpaired) electrons. The third kappa shape index (κ3) is 3.96. The number of hydrogen-bond acceptors (Lipinski definition) is 3. The quantitative estimate of drug-likeness (QED) is 0.818. The molecule has 19 heavy (non-hydrogen) atoms. The maximum absolute atomic E-state index is 11.2. The first-order valence-corrected chi connectivity index (χ1v) is 6.49. The molecule has 0 fully saturated rings. The highest BCUT2D eigenvalue weighted by atomic mass is 79.9. The number of nitrogens with one attached hydrogen (secondary N) is 1. The van der Waals surface area contributed by atoms with Gasteiger partial charge in [-0.05, 0) is 33.6 Å². The summed E-state index contributed by atoms with van der Waals surface area (Å²) in [6, 6.07) is 5.69. The van der Waals surface area contributed by atoms with E-state index in [2.05, 4.69) is 21.2 Å². The summed E-state index contributed by atoms with van der Waals surface area (Å²) in [6.07, 6.45) is 0. The average Bonchev–Trinajstić information content (AvgIpc) is 2.35. The Morgan fingerprint density at radius 1 is 1.42 bits per heavy atom. The number of nitrogens with two attached hydrogens (primary N) is 1. The van der Waals surface area contributed by atoms with Crippen LogP contribution < -0.4 is 15.8 Å². The van der Waals surface area contributed by atoms with Gasteiger partial charge in [0.1, 0.15) is 5.75 Å². The number of amides is 2. The molecular formula is C13H17BrN2O3. The van der Waals surface area contributed by atoms with Crippen molar-refractivity contribution in [2.24, 2.45) is 5.73 Å². The van der Waals surface area contributed by atoms with Crippen molar-refractivity contribution in [1.82, 2.24) is 5.32 Å². The van der Waals surface area contributed by atoms with Gasteiger partial charge in [0.05, 0.1) is 11.6 Å². The van der Waals surface area contributed by atoms with Crippen molar-refractivity contribution < 1.29 is 14.3 Å². The average molecular weight is 329 g/mol. The van der Waals surface area contributed by atoms with E-state index in [4.69, 9.17) is 10.5 Å². The van der Waals surface area contributed by atoms with E-state index in [1.807, 2.05) is 32.0 Å². The number of methoxy groups -OCH3 is 1. The minimum absolute atomic E-state index is 0.313. The molecule has 0 saturated carbocycles. The first-order valence-electron chi connectivity index (χ1n) is 5.69. The van der Waals surface area contributed by atoms with Crippen molar-refractivity contribution >= 4 is 27.7 Å². The minimum Gasteiger partial charge on any atom is -0.496 e. The van der Waals surface area contributed by atoms with Crippen LogP contribution in [0.15, 0.2) is 22.7 Å². The Kier molecular flexibility index (Phi) is 4.94. The van der Waals surface area contributed by atoms with E-state index in [0.29, 0.717) is 6.54 Å². The second kappa shape index (κ2) is 6.06. The van der Waals surface area contributed by atoms with Crippen LogP contribution in [-0.2, 0) is 15.0 Å². The molecule has 3 N–H and O–H groups in total. The van der Waals surface area contributed by atoms with Gasteiger partial charge in [-0.15, -0.1) is 0 Å². The topological polar surface area (TPSA) is 81.4 Å². The smallest absolute Gasteiger partial charge is 0.309 e. The fraction of sp³-hybridized carbons (Fsp3) is 0.385. The fourth-order valence-electron chi connectivity index (χ4n) is 1.58. The Bertz CT molecular complexity index is 501. The van der Waals surface area contributed by atoms with Crippen molar-refractivity contribution in [2.45, 2.75) is 19.3 Å². The second-order valence-electron chi connectivity index (χ2n) is 4.78. The van der Waals surface area contributed by atoms with Gasteiger partial charge in [0.25, 0.3) is 0 Å². The molecule has 0 aromatic heterocycles. The summed E-state index contributed by atoms with van der Waals surface area (Å²) in [6.45, 7) is 4.23. The van der Waals surface area contributed by atoms with Gasteiger partial charge in [-0.25, -0.2) is 0 Å². The number of carbonyl (C=O) groups is 2. The normalized spacial score (nSPS) is 10.9. The summed E-state index contributed by atoms with van der Waals surface area (Å²) < 4.78 is 6.00. The molecule has 0 heterocycles. The molecule has 5 nitrogen and oxygen atoms in total. The predicted octanol–water partition coefficient (Wildman–Crippen LogP) is 1.34. The molecular weight excluding hydrogens is 312 g/mol. The molecule has 0 aliphatic heterocycles. The molecule has 1 aromatic carbocycles. The third-order valence-corrected chi connectivity index (χ3v) is 3.47. The van der Waals surface area contributed by atoms with Gasteiger partial charge in [0.2, 0.25) is 0 Å². The number of carbonyl (C=O) groups excluding carboxylic acids is 2. The maximum Gasteiger partial charge on any atom is 0.309 e. The number of primary amides is 1. The molecule has 1 aromatic rings. The summed E-state index contributed by atoms with van der Waals surface area (Å²) in [5.74, 6) is -1.02. The lowest BCUT2D eigenvalue weighted by Crippen LogP contribution is -2.42. The van der Waals surface area contributed by atoms with Gasteiger partial charge >= 0.3 is 11.8 Å². The van der Waals surface area contributed by atoms with Gasteiger partial charge in [-0.1, -0.05) is 19.9 Å². The van der Waals surface area contributed by atoms with E-state index in [-0.39, 0.29) is 5.41 Å². The van der Waals surface area contributed by atoms with Crippen LogP contribution in [0.3, 0.4) is 0 Å². The maximum atomic E-state index is 11.2. The number of ether oxygens (including phenoxy) is 1. The highest BCUT2D eigenvalue weighted by molar-refractivity contribution is 9.10. The SMILES string of the molecule is COc1ccc(C(C)(C)CNC(=O)C(N)=O)cc1Br. The standard InChI is InChI=1S/C13H17BrN2O3/c1-13(2,7-16-12(18)11(15)17)8-4-5-10(19-3)9(14)6-8/h4-6H,7H2,1-3H3,(H2,15,17)(H,16,18). The molecule has 0 unspecified atom stereocenters. The highest BCUT2D eigenvalue weighted by Crippen LogP contribution is 2.31. The summed E-state index contributed by atoms with van der Waals surface area (Å²) in [7, 11) is 1.60. The Morgan fingerprint density at radius 3 is 2.53 bits per heavy atom. The monoisotopic (exact) mass is 328 g/mol. The molecule has 0 saturated heterocycles. The lowest BCUT2D eigenvalue weighted by Gasteiger charge is -2.26. The summed E-state index contributed by atoms with van der Waals surface area (Å²) in [5, 5.41) is 2.51. The number of rotatable bonds is 4. The van der Waals surface area contributed by atoms with Gasteiger partial charge in [0, 0.05) is 12.0 Å². The molecule has 2 amide bonds. The number of hydrogen-bond donors (Lipinski definition) is 2. The van der Waals surface area contributed by atoms with Crippen LogP contribution in [0.4, 0.5) is 0 Å². The molecule has 0 aliphatic carbocycles. The van der Waals surface area contributed by atoms with E-state index >= 15 is 0 Å². The lowest BCUT2D eigenvalue weighted by molar-refractivity contribution is -0.137. The summed E-state index contributed by atoms with van der Waals surface area (Å²) >= 11 is 3.42. The van der Waals surface area contributed by atoms with Crippen molar-refractivity contribution in [3.63, 3.8) is 0 Å². The summed E-state index contributed by atoms with van der Waals surface area (Å²) in [4.78, 5) is 21.8. The van der Waals surface area contributed by atoms with Crippen LogP contribution in [0, 0.1) is 0 Å². The first kappa shape index (κ1) is 15.5. The van der Waals surface area contributed by atoms with E-state index in [1.165, 1.54) is 0 Å². The van der Waals surface area contributed by atoms with Crippen LogP contribution >= 0.6 is 15.9 Å². The molecule has 0 atom stereocenters. The lowest BCUT2D eigenvalue weighted by atomic mass is 9.84. The Balaban J connectivity index is 2.85. The van der Waals surface area contributed by atoms with Gasteiger partial charge in [-0.3, -0.25) is 9.59 Å². The van der Waals surface area contributed by atoms with E-state index in [1.54, 1.807) is 7.11 Å². The zero-order valence-electron chi connectivity index (χ0n) is 11.1. The largest absolute Gasteiger partial charge is 0.496 e. The molecule has 104 valence electrons. The van der Waals surface area contributed by atoms with Gasteiger partial charge in [-0.2, -0.15) is 0 Å². The van der Waals surface area contributed by atoms with Crippen LogP contribution in [-0.4, -0.2) is 25.5 Å². The van der Waals surface area contributed by atoms with Crippen molar-refractivity contribution in [1.29, 1.82) is 0 Å². The zero-order chi connectivity index (χ0) is 14.6. The molecule has 1 rings (SSSR count). The Hall–Kier alpha value is -1.56. The van der Waals surface area contributed by atoms with Crippen LogP contribution in [0.5, 0.6) is 5.75 Å².